The van der Waals surface area contributed by atoms with Crippen molar-refractivity contribution in [3.05, 3.63) is 36.7 Å². The molecule has 1 fully saturated rings. The Kier molecular flexibility index (Phi) is 5.91. The fraction of sp³-hybridized carbons (Fsp3) is 0.450. The van der Waals surface area contributed by atoms with Gasteiger partial charge in [-0.2, -0.15) is 0 Å². The number of rotatable bonds is 5. The number of hydrogen-bond donors (Lipinski definition) is 2. The molecule has 1 amide bonds. The first kappa shape index (κ1) is 19.1. The number of amides is 1. The Morgan fingerprint density at radius 1 is 1.15 bits per heavy atom. The van der Waals surface area contributed by atoms with E-state index in [1.54, 1.807) is 35.5 Å². The van der Waals surface area contributed by atoms with E-state index in [4.69, 9.17) is 0 Å². The van der Waals surface area contributed by atoms with Crippen LogP contribution in [0, 0.1) is 5.92 Å². The Morgan fingerprint density at radius 2 is 1.85 bits per heavy atom. The van der Waals surface area contributed by atoms with Crippen LogP contribution in [0.4, 0.5) is 5.82 Å². The Balaban J connectivity index is 1.66. The van der Waals surface area contributed by atoms with Crippen molar-refractivity contribution in [2.75, 3.05) is 31.1 Å². The summed E-state index contributed by atoms with van der Waals surface area (Å²) in [5.74, 6) is 0.958. The predicted octanol–water partition coefficient (Wildman–Crippen LogP) is 1.90. The average molecular weight is 370 g/mol. The quantitative estimate of drug-likeness (QED) is 0.836. The minimum Gasteiger partial charge on any atom is -0.507 e. The van der Waals surface area contributed by atoms with E-state index in [0.29, 0.717) is 49.7 Å². The molecule has 7 nitrogen and oxygen atoms in total. The predicted molar refractivity (Wildman–Crippen MR) is 103 cm³/mol. The lowest BCUT2D eigenvalue weighted by Gasteiger charge is -2.36. The zero-order valence-electron chi connectivity index (χ0n) is 15.7. The van der Waals surface area contributed by atoms with Gasteiger partial charge in [0.15, 0.2) is 0 Å². The number of para-hydroxylation sites is 1. The molecular formula is C20H26N4O3. The van der Waals surface area contributed by atoms with Crippen LogP contribution in [0.5, 0.6) is 5.75 Å². The normalized spacial score (nSPS) is 15.9. The summed E-state index contributed by atoms with van der Waals surface area (Å²) in [4.78, 5) is 25.0. The zero-order chi connectivity index (χ0) is 19.4. The maximum Gasteiger partial charge on any atom is 0.251 e. The first-order valence-corrected chi connectivity index (χ1v) is 9.28. The number of nitrogens with zero attached hydrogens (tertiary/aromatic N) is 4. The number of piperazine rings is 1. The van der Waals surface area contributed by atoms with E-state index in [1.807, 2.05) is 19.9 Å². The molecule has 27 heavy (non-hydrogen) atoms. The minimum absolute atomic E-state index is 0.165. The second kappa shape index (κ2) is 8.35. The standard InChI is InChI=1S/C20H26N4O3/c1-14(2)11-18(26)20(27)24-9-7-23(8-10-24)19-13-21-12-16(22-19)15-5-3-4-6-17(15)25/h3-6,12-14,18,25-26H,7-11H2,1-2H3. The molecular weight excluding hydrogens is 344 g/mol. The molecule has 7 heteroatoms. The van der Waals surface area contributed by atoms with Crippen molar-refractivity contribution in [3.8, 4) is 17.0 Å². The van der Waals surface area contributed by atoms with Gasteiger partial charge in [-0.05, 0) is 24.5 Å². The molecule has 2 aromatic rings. The number of phenolic OH excluding ortho intramolecular Hbond substituents is 1. The van der Waals surface area contributed by atoms with E-state index in [0.717, 1.165) is 0 Å². The van der Waals surface area contributed by atoms with Crippen molar-refractivity contribution in [3.63, 3.8) is 0 Å². The fourth-order valence-corrected chi connectivity index (χ4v) is 3.24. The highest BCUT2D eigenvalue weighted by Crippen LogP contribution is 2.28. The maximum atomic E-state index is 12.4. The molecule has 1 aliphatic rings. The Bertz CT molecular complexity index is 788. The Hall–Kier alpha value is -2.67. The van der Waals surface area contributed by atoms with Gasteiger partial charge in [-0.1, -0.05) is 26.0 Å². The van der Waals surface area contributed by atoms with Crippen LogP contribution in [0.2, 0.25) is 0 Å². The van der Waals surface area contributed by atoms with E-state index < -0.39 is 6.10 Å². The number of benzene rings is 1. The van der Waals surface area contributed by atoms with Gasteiger partial charge in [-0.25, -0.2) is 4.98 Å². The maximum absolute atomic E-state index is 12.4. The third-order valence-corrected chi connectivity index (χ3v) is 4.70. The third kappa shape index (κ3) is 4.54. The lowest BCUT2D eigenvalue weighted by Crippen LogP contribution is -2.51. The number of phenols is 1. The lowest BCUT2D eigenvalue weighted by atomic mass is 10.0. The molecule has 1 aromatic carbocycles. The summed E-state index contributed by atoms with van der Waals surface area (Å²) in [6.45, 7) is 6.31. The van der Waals surface area contributed by atoms with Crippen LogP contribution in [-0.4, -0.2) is 63.3 Å². The van der Waals surface area contributed by atoms with Gasteiger partial charge >= 0.3 is 0 Å². The molecule has 0 bridgehead atoms. The molecule has 144 valence electrons. The highest BCUT2D eigenvalue weighted by Gasteiger charge is 2.27. The largest absolute Gasteiger partial charge is 0.507 e. The topological polar surface area (TPSA) is 89.8 Å². The summed E-state index contributed by atoms with van der Waals surface area (Å²) in [6, 6.07) is 7.03. The van der Waals surface area contributed by atoms with Crippen LogP contribution in [0.25, 0.3) is 11.3 Å². The second-order valence-corrected chi connectivity index (χ2v) is 7.24. The highest BCUT2D eigenvalue weighted by molar-refractivity contribution is 5.81. The summed E-state index contributed by atoms with van der Waals surface area (Å²) < 4.78 is 0. The summed E-state index contributed by atoms with van der Waals surface area (Å²) in [5, 5.41) is 20.1. The number of aromatic nitrogens is 2. The molecule has 0 saturated carbocycles. The molecule has 1 aliphatic heterocycles. The van der Waals surface area contributed by atoms with Gasteiger partial charge < -0.3 is 20.0 Å². The first-order valence-electron chi connectivity index (χ1n) is 9.28. The van der Waals surface area contributed by atoms with Crippen molar-refractivity contribution in [2.45, 2.75) is 26.4 Å². The molecule has 1 aromatic heterocycles. The molecule has 0 aliphatic carbocycles. The molecule has 1 saturated heterocycles. The smallest absolute Gasteiger partial charge is 0.251 e. The van der Waals surface area contributed by atoms with Crippen molar-refractivity contribution in [2.24, 2.45) is 5.92 Å². The van der Waals surface area contributed by atoms with E-state index in [9.17, 15) is 15.0 Å². The molecule has 0 spiro atoms. The summed E-state index contributed by atoms with van der Waals surface area (Å²) in [7, 11) is 0. The van der Waals surface area contributed by atoms with E-state index >= 15 is 0 Å². The van der Waals surface area contributed by atoms with E-state index in [2.05, 4.69) is 14.9 Å². The number of aliphatic hydroxyl groups is 1. The summed E-state index contributed by atoms with van der Waals surface area (Å²) in [6.07, 6.45) is 2.86. The number of carbonyl (C=O) groups is 1. The van der Waals surface area contributed by atoms with Crippen LogP contribution in [0.15, 0.2) is 36.7 Å². The molecule has 0 radical (unpaired) electrons. The van der Waals surface area contributed by atoms with Crippen LogP contribution >= 0.6 is 0 Å². The number of anilines is 1. The van der Waals surface area contributed by atoms with Crippen molar-refractivity contribution in [1.82, 2.24) is 14.9 Å². The highest BCUT2D eigenvalue weighted by atomic mass is 16.3. The number of aliphatic hydroxyl groups excluding tert-OH is 1. The molecule has 1 unspecified atom stereocenters. The number of hydrogen-bond acceptors (Lipinski definition) is 6. The van der Waals surface area contributed by atoms with Gasteiger partial charge in [-0.15, -0.1) is 0 Å². The van der Waals surface area contributed by atoms with Crippen molar-refractivity contribution in [1.29, 1.82) is 0 Å². The van der Waals surface area contributed by atoms with Crippen molar-refractivity contribution >= 4 is 11.7 Å². The average Bonchev–Trinajstić information content (AvgIpc) is 2.67. The van der Waals surface area contributed by atoms with Gasteiger partial charge in [0, 0.05) is 31.7 Å². The zero-order valence-corrected chi connectivity index (χ0v) is 15.7. The molecule has 2 heterocycles. The Labute approximate surface area is 159 Å². The first-order chi connectivity index (χ1) is 13.0. The summed E-state index contributed by atoms with van der Waals surface area (Å²) >= 11 is 0. The lowest BCUT2D eigenvalue weighted by molar-refractivity contribution is -0.141. The number of carbonyl (C=O) groups excluding carboxylic acids is 1. The van der Waals surface area contributed by atoms with Gasteiger partial charge in [0.25, 0.3) is 5.91 Å². The van der Waals surface area contributed by atoms with Crippen molar-refractivity contribution < 1.29 is 15.0 Å². The van der Waals surface area contributed by atoms with Crippen LogP contribution in [0.1, 0.15) is 20.3 Å². The van der Waals surface area contributed by atoms with Gasteiger partial charge in [-0.3, -0.25) is 9.78 Å². The summed E-state index contributed by atoms with van der Waals surface area (Å²) in [5.41, 5.74) is 1.24. The van der Waals surface area contributed by atoms with Gasteiger partial charge in [0.05, 0.1) is 18.1 Å². The Morgan fingerprint density at radius 3 is 2.52 bits per heavy atom. The van der Waals surface area contributed by atoms with E-state index in [-0.39, 0.29) is 17.6 Å². The second-order valence-electron chi connectivity index (χ2n) is 7.24. The monoisotopic (exact) mass is 370 g/mol. The number of aromatic hydroxyl groups is 1. The molecule has 1 atom stereocenters. The van der Waals surface area contributed by atoms with Crippen LogP contribution in [0.3, 0.4) is 0 Å². The fourth-order valence-electron chi connectivity index (χ4n) is 3.24. The third-order valence-electron chi connectivity index (χ3n) is 4.70. The van der Waals surface area contributed by atoms with Crippen LogP contribution < -0.4 is 4.90 Å². The van der Waals surface area contributed by atoms with Crippen LogP contribution in [-0.2, 0) is 4.79 Å². The van der Waals surface area contributed by atoms with E-state index in [1.165, 1.54) is 0 Å². The minimum atomic E-state index is -0.930. The van der Waals surface area contributed by atoms with Gasteiger partial charge in [0.2, 0.25) is 0 Å². The van der Waals surface area contributed by atoms with Gasteiger partial charge in [0.1, 0.15) is 17.7 Å². The SMILES string of the molecule is CC(C)CC(O)C(=O)N1CCN(c2cncc(-c3ccccc3O)n2)CC1. The molecule has 3 rings (SSSR count). The molecule has 2 N–H and O–H groups in total.